The van der Waals surface area contributed by atoms with Gasteiger partial charge in [0.25, 0.3) is 5.91 Å². The summed E-state index contributed by atoms with van der Waals surface area (Å²) in [5, 5.41) is 6.34. The molecule has 0 unspecified atom stereocenters. The molecule has 0 radical (unpaired) electrons. The third-order valence-electron chi connectivity index (χ3n) is 3.58. The Kier molecular flexibility index (Phi) is 4.94. The van der Waals surface area contributed by atoms with Crippen molar-refractivity contribution in [1.82, 2.24) is 10.5 Å². The van der Waals surface area contributed by atoms with Crippen LogP contribution in [0.4, 0.5) is 0 Å². The Bertz CT molecular complexity index is 840. The van der Waals surface area contributed by atoms with Crippen LogP contribution in [0.15, 0.2) is 63.7 Å². The predicted octanol–water partition coefficient (Wildman–Crippen LogP) is 2.45. The number of ether oxygens (including phenoxy) is 1. The monoisotopic (exact) mass is 340 g/mol. The van der Waals surface area contributed by atoms with Gasteiger partial charge in [-0.2, -0.15) is 0 Å². The zero-order valence-electron chi connectivity index (χ0n) is 13.5. The number of aromatic nitrogens is 1. The largest absolute Gasteiger partial charge is 0.467 e. The molecule has 2 heterocycles. The van der Waals surface area contributed by atoms with E-state index in [1.165, 1.54) is 19.4 Å². The molecule has 0 bridgehead atoms. The second kappa shape index (κ2) is 7.48. The summed E-state index contributed by atoms with van der Waals surface area (Å²) < 4.78 is 15.1. The van der Waals surface area contributed by atoms with Crippen molar-refractivity contribution >= 4 is 11.9 Å². The summed E-state index contributed by atoms with van der Waals surface area (Å²) in [6.45, 7) is 0. The summed E-state index contributed by atoms with van der Waals surface area (Å²) in [7, 11) is 1.28. The van der Waals surface area contributed by atoms with E-state index in [4.69, 9.17) is 13.7 Å². The van der Waals surface area contributed by atoms with Crippen LogP contribution in [0.3, 0.4) is 0 Å². The molecule has 25 heavy (non-hydrogen) atoms. The van der Waals surface area contributed by atoms with E-state index < -0.39 is 17.9 Å². The molecule has 3 rings (SSSR count). The Labute approximate surface area is 143 Å². The van der Waals surface area contributed by atoms with Gasteiger partial charge in [-0.1, -0.05) is 35.5 Å². The van der Waals surface area contributed by atoms with E-state index >= 15 is 0 Å². The molecular formula is C18H16N2O5. The fourth-order valence-electron chi connectivity index (χ4n) is 2.33. The van der Waals surface area contributed by atoms with Crippen LogP contribution in [-0.2, 0) is 16.0 Å². The summed E-state index contributed by atoms with van der Waals surface area (Å²) in [5.41, 5.74) is 0.947. The van der Waals surface area contributed by atoms with E-state index in [2.05, 4.69) is 10.5 Å². The number of furan rings is 1. The second-order valence-corrected chi connectivity index (χ2v) is 5.29. The van der Waals surface area contributed by atoms with Crippen molar-refractivity contribution in [2.75, 3.05) is 7.11 Å². The minimum atomic E-state index is -0.830. The Balaban J connectivity index is 1.73. The number of nitrogens with zero attached hydrogens (tertiary/aromatic N) is 1. The standard InChI is InChI=1S/C18H16N2O5/c1-23-18(22)14(10-12-6-3-2-4-7-12)19-17(21)13-11-16(25-20-13)15-8-5-9-24-15/h2-9,11,14H,10H2,1H3,(H,19,21)/t14-/m1/s1. The van der Waals surface area contributed by atoms with Crippen LogP contribution in [0.5, 0.6) is 0 Å². The molecule has 2 aromatic heterocycles. The summed E-state index contributed by atoms with van der Waals surface area (Å²) in [6, 6.07) is 13.3. The molecule has 1 aromatic carbocycles. The number of benzene rings is 1. The summed E-state index contributed by atoms with van der Waals surface area (Å²) in [4.78, 5) is 24.4. The maximum atomic E-state index is 12.4. The number of esters is 1. The Hall–Kier alpha value is -3.35. The Morgan fingerprint density at radius 2 is 1.96 bits per heavy atom. The highest BCUT2D eigenvalue weighted by atomic mass is 16.5. The lowest BCUT2D eigenvalue weighted by Gasteiger charge is -2.15. The fraction of sp³-hybridized carbons (Fsp3) is 0.167. The van der Waals surface area contributed by atoms with Gasteiger partial charge in [-0.15, -0.1) is 0 Å². The SMILES string of the molecule is COC(=O)[C@@H](Cc1ccccc1)NC(=O)c1cc(-c2ccco2)on1. The fourth-order valence-corrected chi connectivity index (χ4v) is 2.33. The van der Waals surface area contributed by atoms with E-state index in [1.807, 2.05) is 30.3 Å². The average Bonchev–Trinajstić information content (AvgIpc) is 3.32. The molecule has 7 heteroatoms. The smallest absolute Gasteiger partial charge is 0.328 e. The minimum Gasteiger partial charge on any atom is -0.467 e. The first-order valence-corrected chi connectivity index (χ1v) is 7.60. The maximum absolute atomic E-state index is 12.4. The van der Waals surface area contributed by atoms with E-state index in [0.29, 0.717) is 17.9 Å². The number of methoxy groups -OCH3 is 1. The number of nitrogens with one attached hydrogen (secondary N) is 1. The predicted molar refractivity (Wildman–Crippen MR) is 87.6 cm³/mol. The first-order valence-electron chi connectivity index (χ1n) is 7.60. The highest BCUT2D eigenvalue weighted by Gasteiger charge is 2.24. The average molecular weight is 340 g/mol. The van der Waals surface area contributed by atoms with Crippen molar-refractivity contribution in [2.45, 2.75) is 12.5 Å². The molecule has 0 spiro atoms. The molecule has 1 amide bonds. The van der Waals surface area contributed by atoms with Crippen molar-refractivity contribution in [1.29, 1.82) is 0 Å². The molecule has 3 aromatic rings. The van der Waals surface area contributed by atoms with Gasteiger partial charge in [0.05, 0.1) is 13.4 Å². The molecule has 1 N–H and O–H groups in total. The minimum absolute atomic E-state index is 0.0494. The molecule has 0 fully saturated rings. The topological polar surface area (TPSA) is 94.6 Å². The van der Waals surface area contributed by atoms with Gasteiger partial charge in [0, 0.05) is 12.5 Å². The Morgan fingerprint density at radius 3 is 2.64 bits per heavy atom. The van der Waals surface area contributed by atoms with Gasteiger partial charge in [-0.05, 0) is 17.7 Å². The third-order valence-corrected chi connectivity index (χ3v) is 3.58. The van der Waals surface area contributed by atoms with Gasteiger partial charge in [0.2, 0.25) is 5.76 Å². The van der Waals surface area contributed by atoms with Gasteiger partial charge in [-0.3, -0.25) is 4.79 Å². The number of hydrogen-bond acceptors (Lipinski definition) is 6. The highest BCUT2D eigenvalue weighted by Crippen LogP contribution is 2.20. The first-order chi connectivity index (χ1) is 12.2. The van der Waals surface area contributed by atoms with Gasteiger partial charge in [-0.25, -0.2) is 4.79 Å². The van der Waals surface area contributed by atoms with Crippen molar-refractivity contribution in [3.8, 4) is 11.5 Å². The van der Waals surface area contributed by atoms with Crippen molar-refractivity contribution in [2.24, 2.45) is 0 Å². The molecule has 0 aliphatic rings. The molecule has 1 atom stereocenters. The van der Waals surface area contributed by atoms with E-state index in [9.17, 15) is 9.59 Å². The lowest BCUT2D eigenvalue weighted by molar-refractivity contribution is -0.142. The van der Waals surface area contributed by atoms with Crippen LogP contribution in [0, 0.1) is 0 Å². The van der Waals surface area contributed by atoms with Crippen molar-refractivity contribution in [3.05, 3.63) is 66.1 Å². The molecule has 0 aliphatic heterocycles. The Morgan fingerprint density at radius 1 is 1.16 bits per heavy atom. The molecule has 0 saturated carbocycles. The van der Waals surface area contributed by atoms with Gasteiger partial charge >= 0.3 is 5.97 Å². The summed E-state index contributed by atoms with van der Waals surface area (Å²) in [5.74, 6) is -0.284. The van der Waals surface area contributed by atoms with Crippen LogP contribution in [0.2, 0.25) is 0 Å². The lowest BCUT2D eigenvalue weighted by Crippen LogP contribution is -2.43. The van der Waals surface area contributed by atoms with Crippen molar-refractivity contribution < 1.29 is 23.3 Å². The molecule has 0 aliphatic carbocycles. The summed E-state index contributed by atoms with van der Waals surface area (Å²) in [6.07, 6.45) is 1.80. The molecule has 0 saturated heterocycles. The van der Waals surface area contributed by atoms with E-state index in [-0.39, 0.29) is 5.69 Å². The van der Waals surface area contributed by atoms with E-state index in [1.54, 1.807) is 12.1 Å². The van der Waals surface area contributed by atoms with Gasteiger partial charge < -0.3 is 19.0 Å². The number of amides is 1. The molecule has 128 valence electrons. The number of carbonyl (C=O) groups is 2. The number of rotatable bonds is 6. The number of carbonyl (C=O) groups excluding carboxylic acids is 2. The zero-order chi connectivity index (χ0) is 17.6. The lowest BCUT2D eigenvalue weighted by atomic mass is 10.1. The van der Waals surface area contributed by atoms with Crippen LogP contribution in [-0.4, -0.2) is 30.2 Å². The highest BCUT2D eigenvalue weighted by molar-refractivity contribution is 5.95. The quantitative estimate of drug-likeness (QED) is 0.693. The van der Waals surface area contributed by atoms with Crippen molar-refractivity contribution in [3.63, 3.8) is 0 Å². The number of hydrogen-bond donors (Lipinski definition) is 1. The first kappa shape index (κ1) is 16.5. The zero-order valence-corrected chi connectivity index (χ0v) is 13.5. The van der Waals surface area contributed by atoms with Crippen LogP contribution in [0.25, 0.3) is 11.5 Å². The molecular weight excluding hydrogens is 324 g/mol. The molecule has 7 nitrogen and oxygen atoms in total. The summed E-state index contributed by atoms with van der Waals surface area (Å²) >= 11 is 0. The van der Waals surface area contributed by atoms with E-state index in [0.717, 1.165) is 5.56 Å². The normalized spacial score (nSPS) is 11.7. The third kappa shape index (κ3) is 3.95. The van der Waals surface area contributed by atoms with Crippen LogP contribution >= 0.6 is 0 Å². The van der Waals surface area contributed by atoms with Crippen LogP contribution < -0.4 is 5.32 Å². The van der Waals surface area contributed by atoms with Gasteiger partial charge in [0.15, 0.2) is 11.5 Å². The second-order valence-electron chi connectivity index (χ2n) is 5.29. The maximum Gasteiger partial charge on any atom is 0.328 e. The van der Waals surface area contributed by atoms with Gasteiger partial charge in [0.1, 0.15) is 6.04 Å². The van der Waals surface area contributed by atoms with Crippen LogP contribution in [0.1, 0.15) is 16.1 Å².